The molecule has 0 bridgehead atoms. The zero-order valence-corrected chi connectivity index (χ0v) is 29.9. The van der Waals surface area contributed by atoms with E-state index < -0.39 is 48.3 Å². The summed E-state index contributed by atoms with van der Waals surface area (Å²) in [7, 11) is 0. The Balaban J connectivity index is 1.00. The van der Waals surface area contributed by atoms with Gasteiger partial charge in [0.2, 0.25) is 0 Å². The van der Waals surface area contributed by atoms with Crippen LogP contribution in [-0.2, 0) is 39.7 Å². The molecule has 4 rings (SSSR count). The molecule has 2 aromatic rings. The first kappa shape index (κ1) is 39.6. The van der Waals surface area contributed by atoms with Crippen LogP contribution < -0.4 is 9.47 Å². The molecule has 2 atom stereocenters. The van der Waals surface area contributed by atoms with Gasteiger partial charge in [-0.25, -0.2) is 9.59 Å². The Kier molecular flexibility index (Phi) is 15.1. The molecule has 0 aliphatic carbocycles. The minimum atomic E-state index is -1.41. The average molecular weight is 713 g/mol. The summed E-state index contributed by atoms with van der Waals surface area (Å²) >= 11 is 0. The number of carbonyl (C=O) groups excluding carboxylic acids is 4. The predicted octanol–water partition coefficient (Wildman–Crippen LogP) is 6.06. The summed E-state index contributed by atoms with van der Waals surface area (Å²) in [4.78, 5) is 47.9. The van der Waals surface area contributed by atoms with Gasteiger partial charge in [0.1, 0.15) is 35.8 Å². The van der Waals surface area contributed by atoms with Crippen molar-refractivity contribution in [2.75, 3.05) is 39.6 Å². The Hall–Kier alpha value is -4.16. The van der Waals surface area contributed by atoms with E-state index in [2.05, 4.69) is 0 Å². The van der Waals surface area contributed by atoms with Crippen LogP contribution >= 0.6 is 0 Å². The quantitative estimate of drug-likeness (QED) is 0.0736. The summed E-state index contributed by atoms with van der Waals surface area (Å²) in [5.74, 6) is -1.41. The van der Waals surface area contributed by atoms with Crippen molar-refractivity contribution in [3.05, 3.63) is 58.7 Å². The van der Waals surface area contributed by atoms with Crippen LogP contribution in [0.25, 0.3) is 0 Å². The molecule has 0 fully saturated rings. The number of esters is 4. The van der Waals surface area contributed by atoms with E-state index in [0.29, 0.717) is 35.8 Å². The summed E-state index contributed by atoms with van der Waals surface area (Å²) in [6, 6.07) is 10.3. The Morgan fingerprint density at radius 1 is 0.569 bits per heavy atom. The van der Waals surface area contributed by atoms with Gasteiger partial charge in [0.15, 0.2) is 11.2 Å². The highest BCUT2D eigenvalue weighted by atomic mass is 16.6. The van der Waals surface area contributed by atoms with E-state index in [4.69, 9.17) is 28.4 Å². The van der Waals surface area contributed by atoms with Crippen molar-refractivity contribution >= 4 is 23.9 Å². The smallest absolute Gasteiger partial charge is 0.343 e. The van der Waals surface area contributed by atoms with Crippen LogP contribution in [0, 0.1) is 0 Å². The van der Waals surface area contributed by atoms with Gasteiger partial charge in [0.25, 0.3) is 0 Å². The number of cyclic esters (lactones) is 2. The topological polar surface area (TPSA) is 164 Å². The zero-order chi connectivity index (χ0) is 36.7. The monoisotopic (exact) mass is 712 g/mol. The number of hydrogen-bond acceptors (Lipinski definition) is 12. The summed E-state index contributed by atoms with van der Waals surface area (Å²) in [6.45, 7) is 1.95. The number of hydrogen-bond donors (Lipinski definition) is 2. The molecule has 51 heavy (non-hydrogen) atoms. The molecule has 280 valence electrons. The fourth-order valence-electron chi connectivity index (χ4n) is 6.54. The summed E-state index contributed by atoms with van der Waals surface area (Å²) in [5, 5.41) is 19.9. The molecule has 0 radical (unpaired) electrons. The molecule has 2 aliphatic heterocycles. The van der Waals surface area contributed by atoms with Crippen molar-refractivity contribution in [3.8, 4) is 11.5 Å². The van der Waals surface area contributed by atoms with Gasteiger partial charge in [-0.2, -0.15) is 0 Å². The molecule has 2 aliphatic rings. The van der Waals surface area contributed by atoms with Gasteiger partial charge < -0.3 is 38.6 Å². The average Bonchev–Trinajstić information content (AvgIpc) is 3.58. The fourth-order valence-corrected chi connectivity index (χ4v) is 6.54. The van der Waals surface area contributed by atoms with E-state index in [0.717, 1.165) is 38.5 Å². The van der Waals surface area contributed by atoms with Crippen molar-refractivity contribution in [1.29, 1.82) is 0 Å². The van der Waals surface area contributed by atoms with Gasteiger partial charge >= 0.3 is 23.9 Å². The van der Waals surface area contributed by atoms with E-state index in [-0.39, 0.29) is 24.3 Å². The number of benzene rings is 2. The first-order valence-electron chi connectivity index (χ1n) is 18.1. The van der Waals surface area contributed by atoms with Crippen LogP contribution in [0.2, 0.25) is 0 Å². The minimum Gasteiger partial charge on any atom is -0.493 e. The van der Waals surface area contributed by atoms with E-state index in [1.807, 2.05) is 0 Å². The molecular weight excluding hydrogens is 660 g/mol. The minimum absolute atomic E-state index is 0.255. The van der Waals surface area contributed by atoms with Crippen LogP contribution in [0.1, 0.15) is 129 Å². The molecule has 2 heterocycles. The highest BCUT2D eigenvalue weighted by molar-refractivity contribution is 5.98. The Morgan fingerprint density at radius 2 is 0.902 bits per heavy atom. The number of aliphatic hydroxyl groups is 2. The number of aliphatic hydroxyl groups excluding tert-OH is 2. The number of ether oxygens (including phenoxy) is 6. The van der Waals surface area contributed by atoms with Gasteiger partial charge in [0, 0.05) is 25.0 Å². The Labute approximate surface area is 299 Å². The standard InChI is InChI=1S/C39H52O12/c1-28(42)48-26-38(24-40)30-18-16-20-32(34(30)36(44)50-38)46-22-14-12-10-8-6-4-3-5-7-9-11-13-15-23-47-33-21-17-19-31-35(33)37(45)51-39(31,25-41)27-49-29(2)43/h16-21,40-41H,3-15,22-27H2,1-2H3/t38-,39-/m1/s1. The lowest BCUT2D eigenvalue weighted by atomic mass is 9.93. The molecule has 0 saturated carbocycles. The lowest BCUT2D eigenvalue weighted by molar-refractivity contribution is -0.152. The van der Waals surface area contributed by atoms with Crippen LogP contribution in [0.3, 0.4) is 0 Å². The fraction of sp³-hybridized carbons (Fsp3) is 0.590. The van der Waals surface area contributed by atoms with Gasteiger partial charge in [0.05, 0.1) is 26.4 Å². The molecule has 2 N–H and O–H groups in total. The molecule has 0 amide bonds. The molecule has 2 aromatic carbocycles. The first-order valence-corrected chi connectivity index (χ1v) is 18.1. The van der Waals surface area contributed by atoms with Crippen molar-refractivity contribution in [3.63, 3.8) is 0 Å². The normalized spacial score (nSPS) is 18.8. The van der Waals surface area contributed by atoms with Gasteiger partial charge in [-0.15, -0.1) is 0 Å². The predicted molar refractivity (Wildman–Crippen MR) is 186 cm³/mol. The second-order valence-corrected chi connectivity index (χ2v) is 13.3. The molecule has 0 spiro atoms. The molecule has 12 nitrogen and oxygen atoms in total. The van der Waals surface area contributed by atoms with Crippen molar-refractivity contribution in [2.45, 2.75) is 109 Å². The maximum atomic E-state index is 12.6. The van der Waals surface area contributed by atoms with Crippen molar-refractivity contribution in [1.82, 2.24) is 0 Å². The number of fused-ring (bicyclic) bond motifs is 2. The first-order chi connectivity index (χ1) is 24.7. The molecule has 0 saturated heterocycles. The van der Waals surface area contributed by atoms with E-state index in [9.17, 15) is 29.4 Å². The van der Waals surface area contributed by atoms with Crippen LogP contribution in [-0.4, -0.2) is 73.7 Å². The third-order valence-corrected chi connectivity index (χ3v) is 9.35. The number of carbonyl (C=O) groups is 4. The van der Waals surface area contributed by atoms with Crippen LogP contribution in [0.4, 0.5) is 0 Å². The van der Waals surface area contributed by atoms with Gasteiger partial charge in [-0.1, -0.05) is 94.9 Å². The van der Waals surface area contributed by atoms with Crippen molar-refractivity contribution in [2.24, 2.45) is 0 Å². The highest BCUT2D eigenvalue weighted by Gasteiger charge is 2.49. The van der Waals surface area contributed by atoms with E-state index >= 15 is 0 Å². The van der Waals surface area contributed by atoms with Crippen LogP contribution in [0.15, 0.2) is 36.4 Å². The lowest BCUT2D eigenvalue weighted by Crippen LogP contribution is -2.36. The van der Waals surface area contributed by atoms with E-state index in [1.165, 1.54) is 58.8 Å². The maximum Gasteiger partial charge on any atom is 0.343 e. The number of unbranched alkanes of at least 4 members (excludes halogenated alkanes) is 12. The summed E-state index contributed by atoms with van der Waals surface area (Å²) < 4.78 is 32.9. The van der Waals surface area contributed by atoms with Gasteiger partial charge in [-0.3, -0.25) is 9.59 Å². The Morgan fingerprint density at radius 3 is 1.22 bits per heavy atom. The number of rotatable bonds is 24. The van der Waals surface area contributed by atoms with Crippen molar-refractivity contribution < 1.29 is 57.8 Å². The molecule has 12 heteroatoms. The summed E-state index contributed by atoms with van der Waals surface area (Å²) in [6.07, 6.45) is 14.5. The van der Waals surface area contributed by atoms with Gasteiger partial charge in [-0.05, 0) is 25.0 Å². The third kappa shape index (κ3) is 10.4. The molecular formula is C39H52O12. The lowest BCUT2D eigenvalue weighted by Gasteiger charge is -2.25. The maximum absolute atomic E-state index is 12.6. The zero-order valence-electron chi connectivity index (χ0n) is 29.9. The Bertz CT molecular complexity index is 1380. The van der Waals surface area contributed by atoms with E-state index in [1.54, 1.807) is 36.4 Å². The molecule has 0 aromatic heterocycles. The highest BCUT2D eigenvalue weighted by Crippen LogP contribution is 2.42. The summed E-state index contributed by atoms with van der Waals surface area (Å²) in [5.41, 5.74) is -1.33. The second-order valence-electron chi connectivity index (χ2n) is 13.3. The van der Waals surface area contributed by atoms with Crippen LogP contribution in [0.5, 0.6) is 11.5 Å². The SMILES string of the molecule is CC(=O)OC[C@@]1(CO)OC(=O)c2c(OCCCCCCCCCCCCCCCOc3cccc4c3C(=O)O[C@]4(CO)COC(C)=O)cccc21. The largest absolute Gasteiger partial charge is 0.493 e. The molecule has 0 unspecified atom stereocenters. The third-order valence-electron chi connectivity index (χ3n) is 9.35. The second kappa shape index (κ2) is 19.4.